The molecular weight excluding hydrogens is 602 g/mol. The third kappa shape index (κ3) is 12.1. The molecule has 0 aliphatic rings. The van der Waals surface area contributed by atoms with Gasteiger partial charge in [-0.2, -0.15) is 0 Å². The van der Waals surface area contributed by atoms with Crippen molar-refractivity contribution in [2.75, 3.05) is 30.3 Å². The maximum absolute atomic E-state index is 13.2. The van der Waals surface area contributed by atoms with Crippen LogP contribution in [0.3, 0.4) is 0 Å². The molecule has 0 saturated carbocycles. The largest absolute Gasteiger partial charge is 0.394 e. The highest BCUT2D eigenvalue weighted by Crippen LogP contribution is 2.43. The zero-order valence-electron chi connectivity index (χ0n) is 27.8. The standard InChI is InChI=1S/C39H51N5O4/c45-29-31(46)28-40-25-15-6-4-2-1-3-5-10-24-36(47)43-33-21-12-11-20-32(33)38(44-35-23-14-17-27-42-35)37(34-22-13-16-26-41-34)39(48)30-18-8-7-9-19-30/h7-9,11-14,16-23,26-27,31,37-40,45-46,48H,1-6,10,15,24-25,28-29H2,(H,42,44)(H,43,47). The number of rotatable bonds is 22. The van der Waals surface area contributed by atoms with Crippen molar-refractivity contribution >= 4 is 17.4 Å². The summed E-state index contributed by atoms with van der Waals surface area (Å²) in [7, 11) is 0. The lowest BCUT2D eigenvalue weighted by molar-refractivity contribution is -0.116. The highest BCUT2D eigenvalue weighted by molar-refractivity contribution is 5.91. The van der Waals surface area contributed by atoms with Crippen LogP contribution >= 0.6 is 0 Å². The fourth-order valence-electron chi connectivity index (χ4n) is 5.94. The van der Waals surface area contributed by atoms with E-state index in [1.165, 1.54) is 12.8 Å². The second-order valence-corrected chi connectivity index (χ2v) is 12.2. The Bertz CT molecular complexity index is 1440. The van der Waals surface area contributed by atoms with Gasteiger partial charge in [0.05, 0.1) is 30.8 Å². The van der Waals surface area contributed by atoms with Crippen LogP contribution in [0.15, 0.2) is 103 Å². The SMILES string of the molecule is O=C(CCCCCCCCCCNCC(O)CO)Nc1ccccc1C(Nc1ccccn1)C(c1ccccn1)C(O)c1ccccc1. The van der Waals surface area contributed by atoms with E-state index in [2.05, 4.69) is 25.9 Å². The first-order valence-corrected chi connectivity index (χ1v) is 17.3. The maximum atomic E-state index is 13.2. The van der Waals surface area contributed by atoms with Crippen LogP contribution in [-0.2, 0) is 4.79 Å². The Labute approximate surface area is 284 Å². The molecule has 2 heterocycles. The van der Waals surface area contributed by atoms with Gasteiger partial charge in [0.1, 0.15) is 5.82 Å². The normalized spacial score (nSPS) is 13.7. The van der Waals surface area contributed by atoms with Gasteiger partial charge in [-0.3, -0.25) is 9.78 Å². The first-order chi connectivity index (χ1) is 23.6. The predicted molar refractivity (Wildman–Crippen MR) is 192 cm³/mol. The van der Waals surface area contributed by atoms with Gasteiger partial charge >= 0.3 is 0 Å². The van der Waals surface area contributed by atoms with Gasteiger partial charge in [-0.15, -0.1) is 0 Å². The number of hydrogen-bond acceptors (Lipinski definition) is 8. The van der Waals surface area contributed by atoms with Crippen molar-refractivity contribution in [2.45, 2.75) is 82.0 Å². The molecule has 9 nitrogen and oxygen atoms in total. The topological polar surface area (TPSA) is 140 Å². The van der Waals surface area contributed by atoms with Crippen LogP contribution in [0.25, 0.3) is 0 Å². The molecule has 0 bridgehead atoms. The minimum absolute atomic E-state index is 0.0316. The minimum atomic E-state index is -0.895. The minimum Gasteiger partial charge on any atom is -0.394 e. The van der Waals surface area contributed by atoms with Crippen molar-refractivity contribution in [3.05, 3.63) is 120 Å². The number of nitrogens with zero attached hydrogens (tertiary/aromatic N) is 2. The number of benzene rings is 2. The molecule has 0 aliphatic heterocycles. The molecule has 1 amide bonds. The molecule has 48 heavy (non-hydrogen) atoms. The third-order valence-electron chi connectivity index (χ3n) is 8.51. The summed E-state index contributed by atoms with van der Waals surface area (Å²) < 4.78 is 0. The maximum Gasteiger partial charge on any atom is 0.224 e. The van der Waals surface area contributed by atoms with Crippen LogP contribution in [0.2, 0.25) is 0 Å². The van der Waals surface area contributed by atoms with Crippen molar-refractivity contribution in [3.8, 4) is 0 Å². The van der Waals surface area contributed by atoms with E-state index in [0.29, 0.717) is 24.5 Å². The molecule has 0 radical (unpaired) electrons. The summed E-state index contributed by atoms with van der Waals surface area (Å²) in [5.41, 5.74) is 3.02. The average Bonchev–Trinajstić information content (AvgIpc) is 3.13. The zero-order valence-corrected chi connectivity index (χ0v) is 27.8. The molecule has 0 saturated heterocycles. The van der Waals surface area contributed by atoms with Gasteiger partial charge in [-0.25, -0.2) is 4.98 Å². The number of aliphatic hydroxyl groups excluding tert-OH is 3. The molecule has 0 fully saturated rings. The summed E-state index contributed by atoms with van der Waals surface area (Å²) in [6.45, 7) is 1.08. The summed E-state index contributed by atoms with van der Waals surface area (Å²) in [6.07, 6.45) is 11.0. The van der Waals surface area contributed by atoms with Crippen molar-refractivity contribution in [1.29, 1.82) is 0 Å². The number of anilines is 2. The van der Waals surface area contributed by atoms with Gasteiger partial charge in [0, 0.05) is 36.7 Å². The van der Waals surface area contributed by atoms with E-state index in [4.69, 9.17) is 5.11 Å². The number of carbonyl (C=O) groups excluding carboxylic acids is 1. The van der Waals surface area contributed by atoms with E-state index < -0.39 is 24.2 Å². The predicted octanol–water partition coefficient (Wildman–Crippen LogP) is 6.54. The van der Waals surface area contributed by atoms with Gasteiger partial charge in [-0.05, 0) is 60.8 Å². The molecule has 2 aromatic heterocycles. The number of carbonyl (C=O) groups is 1. The lowest BCUT2D eigenvalue weighted by atomic mass is 9.82. The van der Waals surface area contributed by atoms with Crippen LogP contribution in [0, 0.1) is 0 Å². The number of amides is 1. The Morgan fingerprint density at radius 2 is 1.35 bits per heavy atom. The van der Waals surface area contributed by atoms with Crippen LogP contribution in [0.5, 0.6) is 0 Å². The van der Waals surface area contributed by atoms with Gasteiger partial charge in [0.15, 0.2) is 0 Å². The molecule has 0 spiro atoms. The number of nitrogens with one attached hydrogen (secondary N) is 3. The Balaban J connectivity index is 1.38. The van der Waals surface area contributed by atoms with Gasteiger partial charge in [-0.1, -0.05) is 99.2 Å². The molecule has 0 aliphatic carbocycles. The average molecular weight is 654 g/mol. The second-order valence-electron chi connectivity index (χ2n) is 12.2. The molecule has 256 valence electrons. The Hall–Kier alpha value is -4.15. The molecule has 4 atom stereocenters. The van der Waals surface area contributed by atoms with Crippen LogP contribution in [0.1, 0.15) is 92.7 Å². The summed E-state index contributed by atoms with van der Waals surface area (Å²) in [6, 6.07) is 28.2. The van der Waals surface area contributed by atoms with Crippen molar-refractivity contribution in [1.82, 2.24) is 15.3 Å². The highest BCUT2D eigenvalue weighted by atomic mass is 16.3. The summed E-state index contributed by atoms with van der Waals surface area (Å²) in [4.78, 5) is 22.4. The van der Waals surface area contributed by atoms with Crippen molar-refractivity contribution in [2.24, 2.45) is 0 Å². The lowest BCUT2D eigenvalue weighted by Gasteiger charge is -2.33. The fourth-order valence-corrected chi connectivity index (χ4v) is 5.94. The number of aliphatic hydroxyl groups is 3. The Morgan fingerprint density at radius 3 is 2.04 bits per heavy atom. The van der Waals surface area contributed by atoms with E-state index in [0.717, 1.165) is 61.9 Å². The molecule has 4 aromatic rings. The first kappa shape index (κ1) is 36.7. The van der Waals surface area contributed by atoms with E-state index in [1.807, 2.05) is 91.0 Å². The molecule has 2 aromatic carbocycles. The highest BCUT2D eigenvalue weighted by Gasteiger charge is 2.35. The van der Waals surface area contributed by atoms with E-state index in [1.54, 1.807) is 12.4 Å². The first-order valence-electron chi connectivity index (χ1n) is 17.3. The number of pyridine rings is 2. The van der Waals surface area contributed by atoms with Crippen LogP contribution in [-0.4, -0.2) is 57.0 Å². The molecule has 6 N–H and O–H groups in total. The third-order valence-corrected chi connectivity index (χ3v) is 8.51. The van der Waals surface area contributed by atoms with Crippen LogP contribution in [0.4, 0.5) is 11.5 Å². The van der Waals surface area contributed by atoms with E-state index in [9.17, 15) is 15.0 Å². The molecule has 4 unspecified atom stereocenters. The summed E-state index contributed by atoms with van der Waals surface area (Å²) in [5.74, 6) is 0.110. The fraction of sp³-hybridized carbons (Fsp3) is 0.410. The molecular formula is C39H51N5O4. The monoisotopic (exact) mass is 653 g/mol. The quantitative estimate of drug-likeness (QED) is 0.0526. The number of unbranched alkanes of at least 4 members (excludes halogenated alkanes) is 7. The summed E-state index contributed by atoms with van der Waals surface area (Å²) in [5, 5.41) is 40.0. The number of para-hydroxylation sites is 1. The van der Waals surface area contributed by atoms with Gasteiger partial charge in [0.2, 0.25) is 5.91 Å². The van der Waals surface area contributed by atoms with E-state index >= 15 is 0 Å². The van der Waals surface area contributed by atoms with E-state index in [-0.39, 0.29) is 12.5 Å². The number of aromatic nitrogens is 2. The Kier molecular flexibility index (Phi) is 16.0. The number of hydrogen-bond donors (Lipinski definition) is 6. The van der Waals surface area contributed by atoms with Crippen molar-refractivity contribution < 1.29 is 20.1 Å². The molecule has 4 rings (SSSR count). The van der Waals surface area contributed by atoms with Crippen molar-refractivity contribution in [3.63, 3.8) is 0 Å². The van der Waals surface area contributed by atoms with Gasteiger partial charge in [0.25, 0.3) is 0 Å². The van der Waals surface area contributed by atoms with Crippen LogP contribution < -0.4 is 16.0 Å². The zero-order chi connectivity index (χ0) is 33.8. The summed E-state index contributed by atoms with van der Waals surface area (Å²) >= 11 is 0. The van der Waals surface area contributed by atoms with Gasteiger partial charge < -0.3 is 31.3 Å². The second kappa shape index (κ2) is 21.0. The molecule has 9 heteroatoms. The lowest BCUT2D eigenvalue weighted by Crippen LogP contribution is -2.29. The smallest absolute Gasteiger partial charge is 0.224 e. The Morgan fingerprint density at radius 1 is 0.708 bits per heavy atom.